The molecule has 1 heterocycles. The lowest BCUT2D eigenvalue weighted by Gasteiger charge is -2.33. The molecular formula is C17H23F3N2O. The van der Waals surface area contributed by atoms with Gasteiger partial charge in [-0.2, -0.15) is 13.2 Å². The van der Waals surface area contributed by atoms with Gasteiger partial charge in [0.1, 0.15) is 0 Å². The van der Waals surface area contributed by atoms with Crippen molar-refractivity contribution < 1.29 is 18.0 Å². The third-order valence-electron chi connectivity index (χ3n) is 4.19. The molecule has 0 bridgehead atoms. The molecule has 1 saturated heterocycles. The maximum absolute atomic E-state index is 12.8. The number of carbonyl (C=O) groups is 1. The van der Waals surface area contributed by atoms with Gasteiger partial charge in [-0.3, -0.25) is 9.69 Å². The molecule has 0 aliphatic carbocycles. The predicted molar refractivity (Wildman–Crippen MR) is 84.4 cm³/mol. The second kappa shape index (κ2) is 7.34. The van der Waals surface area contributed by atoms with Crippen molar-refractivity contribution in [2.45, 2.75) is 38.8 Å². The van der Waals surface area contributed by atoms with Crippen LogP contribution in [0, 0.1) is 5.92 Å². The number of anilines is 1. The molecular weight excluding hydrogens is 305 g/mol. The molecule has 3 nitrogen and oxygen atoms in total. The number of hydrogen-bond acceptors (Lipinski definition) is 2. The van der Waals surface area contributed by atoms with Crippen molar-refractivity contribution in [3.8, 4) is 0 Å². The fraction of sp³-hybridized carbons (Fsp3) is 0.588. The Bertz CT molecular complexity index is 543. The second-order valence-electron chi connectivity index (χ2n) is 6.41. The van der Waals surface area contributed by atoms with Gasteiger partial charge >= 0.3 is 6.18 Å². The number of nitrogens with one attached hydrogen (secondary N) is 1. The lowest BCUT2D eigenvalue weighted by molar-refractivity contribution is -0.186. The van der Waals surface area contributed by atoms with Crippen molar-refractivity contribution in [3.63, 3.8) is 0 Å². The zero-order valence-corrected chi connectivity index (χ0v) is 13.5. The first kappa shape index (κ1) is 17.8. The molecule has 23 heavy (non-hydrogen) atoms. The Balaban J connectivity index is 1.95. The average Bonchev–Trinajstić information content (AvgIpc) is 2.46. The minimum absolute atomic E-state index is 0.000983. The maximum atomic E-state index is 12.8. The molecule has 128 valence electrons. The molecule has 2 rings (SSSR count). The van der Waals surface area contributed by atoms with Crippen molar-refractivity contribution in [2.24, 2.45) is 5.92 Å². The fourth-order valence-electron chi connectivity index (χ4n) is 2.97. The van der Waals surface area contributed by atoms with Gasteiger partial charge in [-0.25, -0.2) is 0 Å². The standard InChI is InChI=1S/C17H23F3N2O/c1-12(2)14-7-3-4-8-15(14)21-16(23)11-22-9-5-6-13(10-22)17(18,19)20/h3-4,7-8,12-13H,5-6,9-11H2,1-2H3,(H,21,23)/t13-/m0/s1. The number of amides is 1. The van der Waals surface area contributed by atoms with E-state index in [0.29, 0.717) is 13.0 Å². The Hall–Kier alpha value is -1.56. The summed E-state index contributed by atoms with van der Waals surface area (Å²) in [6.07, 6.45) is -3.56. The number of rotatable bonds is 4. The summed E-state index contributed by atoms with van der Waals surface area (Å²) in [6.45, 7) is 4.50. The van der Waals surface area contributed by atoms with Crippen molar-refractivity contribution in [1.82, 2.24) is 4.90 Å². The van der Waals surface area contributed by atoms with Gasteiger partial charge in [0, 0.05) is 12.2 Å². The fourth-order valence-corrected chi connectivity index (χ4v) is 2.97. The van der Waals surface area contributed by atoms with Crippen LogP contribution in [0.1, 0.15) is 38.2 Å². The van der Waals surface area contributed by atoms with Crippen molar-refractivity contribution in [3.05, 3.63) is 29.8 Å². The summed E-state index contributed by atoms with van der Waals surface area (Å²) >= 11 is 0. The molecule has 1 aromatic carbocycles. The normalized spacial score (nSPS) is 19.8. The van der Waals surface area contributed by atoms with E-state index in [1.807, 2.05) is 38.1 Å². The molecule has 1 N–H and O–H groups in total. The molecule has 1 aromatic rings. The Morgan fingerprint density at radius 1 is 1.35 bits per heavy atom. The Kier molecular flexibility index (Phi) is 5.68. The van der Waals surface area contributed by atoms with Crippen LogP contribution in [0.25, 0.3) is 0 Å². The number of piperidine rings is 1. The second-order valence-corrected chi connectivity index (χ2v) is 6.41. The van der Waals surface area contributed by atoms with E-state index in [-0.39, 0.29) is 31.3 Å². The summed E-state index contributed by atoms with van der Waals surface area (Å²) in [6, 6.07) is 7.51. The van der Waals surface area contributed by atoms with E-state index in [4.69, 9.17) is 0 Å². The van der Waals surface area contributed by atoms with Crippen LogP contribution in [0.15, 0.2) is 24.3 Å². The van der Waals surface area contributed by atoms with Crippen LogP contribution < -0.4 is 5.32 Å². The topological polar surface area (TPSA) is 32.3 Å². The lowest BCUT2D eigenvalue weighted by atomic mass is 9.97. The van der Waals surface area contributed by atoms with Gasteiger partial charge in [0.2, 0.25) is 5.91 Å². The third kappa shape index (κ3) is 4.96. The van der Waals surface area contributed by atoms with Crippen LogP contribution in [-0.4, -0.2) is 36.6 Å². The number of hydrogen-bond donors (Lipinski definition) is 1. The number of likely N-dealkylation sites (tertiary alicyclic amines) is 1. The zero-order chi connectivity index (χ0) is 17.0. The van der Waals surface area contributed by atoms with E-state index in [9.17, 15) is 18.0 Å². The molecule has 1 atom stereocenters. The quantitative estimate of drug-likeness (QED) is 0.905. The highest BCUT2D eigenvalue weighted by Crippen LogP contribution is 2.33. The molecule has 1 fully saturated rings. The Labute approximate surface area is 134 Å². The van der Waals surface area contributed by atoms with Crippen LogP contribution in [0.2, 0.25) is 0 Å². The molecule has 0 radical (unpaired) electrons. The summed E-state index contributed by atoms with van der Waals surface area (Å²) in [5, 5.41) is 2.83. The van der Waals surface area contributed by atoms with Gasteiger partial charge in [-0.05, 0) is 36.9 Å². The molecule has 1 aliphatic rings. The van der Waals surface area contributed by atoms with Crippen molar-refractivity contribution >= 4 is 11.6 Å². The minimum atomic E-state index is -4.18. The van der Waals surface area contributed by atoms with E-state index < -0.39 is 12.1 Å². The third-order valence-corrected chi connectivity index (χ3v) is 4.19. The highest BCUT2D eigenvalue weighted by atomic mass is 19.4. The van der Waals surface area contributed by atoms with Gasteiger partial charge in [0.15, 0.2) is 0 Å². The van der Waals surface area contributed by atoms with E-state index in [0.717, 1.165) is 11.3 Å². The van der Waals surface area contributed by atoms with E-state index in [2.05, 4.69) is 5.32 Å². The number of halogens is 3. The molecule has 1 amide bonds. The average molecular weight is 328 g/mol. The number of benzene rings is 1. The van der Waals surface area contributed by atoms with Crippen molar-refractivity contribution in [1.29, 1.82) is 0 Å². The van der Waals surface area contributed by atoms with Gasteiger partial charge in [0.05, 0.1) is 12.5 Å². The summed E-state index contributed by atoms with van der Waals surface area (Å²) in [5.74, 6) is -1.33. The minimum Gasteiger partial charge on any atom is -0.325 e. The first-order valence-corrected chi connectivity index (χ1v) is 7.95. The lowest BCUT2D eigenvalue weighted by Crippen LogP contribution is -2.44. The van der Waals surface area contributed by atoms with E-state index in [1.165, 1.54) is 0 Å². The monoisotopic (exact) mass is 328 g/mol. The van der Waals surface area contributed by atoms with Crippen LogP contribution >= 0.6 is 0 Å². The largest absolute Gasteiger partial charge is 0.393 e. The van der Waals surface area contributed by atoms with Gasteiger partial charge in [-0.1, -0.05) is 32.0 Å². The van der Waals surface area contributed by atoms with Crippen LogP contribution in [0.4, 0.5) is 18.9 Å². The van der Waals surface area contributed by atoms with Crippen LogP contribution in [0.3, 0.4) is 0 Å². The molecule has 1 aliphatic heterocycles. The molecule has 0 spiro atoms. The number of para-hydroxylation sites is 1. The predicted octanol–water partition coefficient (Wildman–Crippen LogP) is 4.02. The highest BCUT2D eigenvalue weighted by Gasteiger charge is 2.41. The van der Waals surface area contributed by atoms with Crippen LogP contribution in [-0.2, 0) is 4.79 Å². The smallest absolute Gasteiger partial charge is 0.325 e. The molecule has 0 unspecified atom stereocenters. The first-order chi connectivity index (χ1) is 10.8. The first-order valence-electron chi connectivity index (χ1n) is 7.95. The van der Waals surface area contributed by atoms with E-state index in [1.54, 1.807) is 4.90 Å². The molecule has 0 saturated carbocycles. The zero-order valence-electron chi connectivity index (χ0n) is 13.5. The summed E-state index contributed by atoms with van der Waals surface area (Å²) in [7, 11) is 0. The van der Waals surface area contributed by atoms with Crippen LogP contribution in [0.5, 0.6) is 0 Å². The molecule has 6 heteroatoms. The van der Waals surface area contributed by atoms with Gasteiger partial charge in [0.25, 0.3) is 0 Å². The Morgan fingerprint density at radius 2 is 2.04 bits per heavy atom. The molecule has 0 aromatic heterocycles. The summed E-state index contributed by atoms with van der Waals surface area (Å²) < 4.78 is 38.4. The number of nitrogens with zero attached hydrogens (tertiary/aromatic N) is 1. The van der Waals surface area contributed by atoms with Crippen molar-refractivity contribution in [2.75, 3.05) is 25.0 Å². The Morgan fingerprint density at radius 3 is 2.70 bits per heavy atom. The van der Waals surface area contributed by atoms with Gasteiger partial charge in [-0.15, -0.1) is 0 Å². The number of alkyl halides is 3. The maximum Gasteiger partial charge on any atom is 0.393 e. The number of carbonyl (C=O) groups excluding carboxylic acids is 1. The highest BCUT2D eigenvalue weighted by molar-refractivity contribution is 5.93. The SMILES string of the molecule is CC(C)c1ccccc1NC(=O)CN1CCC[C@H](C(F)(F)F)C1. The summed E-state index contributed by atoms with van der Waals surface area (Å²) in [5.41, 5.74) is 1.75. The van der Waals surface area contributed by atoms with E-state index >= 15 is 0 Å². The van der Waals surface area contributed by atoms with Gasteiger partial charge < -0.3 is 5.32 Å². The summed E-state index contributed by atoms with van der Waals surface area (Å²) in [4.78, 5) is 13.8.